The third-order valence-corrected chi connectivity index (χ3v) is 7.24. The number of carbonyl (C=O) groups excluding carboxylic acids is 2. The first-order valence-corrected chi connectivity index (χ1v) is 12.5. The lowest BCUT2D eigenvalue weighted by Crippen LogP contribution is -2.39. The second-order valence-electron chi connectivity index (χ2n) is 7.09. The summed E-state index contributed by atoms with van der Waals surface area (Å²) in [6.07, 6.45) is 1.67. The SMILES string of the molecule is CCOC(=O)C1=C(C)N=c2s/c(=C/c3cc(Br)ccc3OC(C)=O)c(=O)n2[C@H]1c1cccs1. The molecule has 0 radical (unpaired) electrons. The summed E-state index contributed by atoms with van der Waals surface area (Å²) >= 11 is 6.09. The smallest absolute Gasteiger partial charge is 0.338 e. The van der Waals surface area contributed by atoms with E-state index in [1.165, 1.54) is 34.2 Å². The highest BCUT2D eigenvalue weighted by Gasteiger charge is 2.33. The molecular formula is C23H19BrN2O5S2. The predicted octanol–water partition coefficient (Wildman–Crippen LogP) is 3.55. The van der Waals surface area contributed by atoms with Crippen molar-refractivity contribution < 1.29 is 19.1 Å². The van der Waals surface area contributed by atoms with Crippen molar-refractivity contribution in [3.63, 3.8) is 0 Å². The highest BCUT2D eigenvalue weighted by molar-refractivity contribution is 9.10. The first-order valence-electron chi connectivity index (χ1n) is 10.0. The third kappa shape index (κ3) is 4.64. The first kappa shape index (κ1) is 23.3. The average molecular weight is 547 g/mol. The maximum atomic E-state index is 13.6. The summed E-state index contributed by atoms with van der Waals surface area (Å²) in [5, 5.41) is 1.90. The van der Waals surface area contributed by atoms with Gasteiger partial charge in [-0.2, -0.15) is 0 Å². The van der Waals surface area contributed by atoms with Crippen LogP contribution in [0.5, 0.6) is 5.75 Å². The zero-order valence-corrected chi connectivity index (χ0v) is 21.2. The van der Waals surface area contributed by atoms with E-state index in [2.05, 4.69) is 20.9 Å². The van der Waals surface area contributed by atoms with E-state index in [1.807, 2.05) is 17.5 Å². The van der Waals surface area contributed by atoms with E-state index in [1.54, 1.807) is 38.1 Å². The van der Waals surface area contributed by atoms with Gasteiger partial charge < -0.3 is 9.47 Å². The Balaban J connectivity index is 1.94. The number of allylic oxidation sites excluding steroid dienone is 1. The largest absolute Gasteiger partial charge is 0.463 e. The van der Waals surface area contributed by atoms with Crippen LogP contribution in [0.2, 0.25) is 0 Å². The van der Waals surface area contributed by atoms with Crippen LogP contribution in [0.15, 0.2) is 61.2 Å². The Morgan fingerprint density at radius 2 is 2.09 bits per heavy atom. The molecule has 2 aromatic heterocycles. The number of thiazole rings is 1. The quantitative estimate of drug-likeness (QED) is 0.360. The van der Waals surface area contributed by atoms with Crippen molar-refractivity contribution in [1.29, 1.82) is 0 Å². The minimum absolute atomic E-state index is 0.221. The number of benzene rings is 1. The number of carbonyl (C=O) groups is 2. The zero-order valence-electron chi connectivity index (χ0n) is 18.0. The van der Waals surface area contributed by atoms with E-state index >= 15 is 0 Å². The molecule has 0 fully saturated rings. The Morgan fingerprint density at radius 1 is 1.30 bits per heavy atom. The lowest BCUT2D eigenvalue weighted by molar-refractivity contribution is -0.139. The molecule has 10 heteroatoms. The van der Waals surface area contributed by atoms with E-state index in [0.717, 1.165) is 9.35 Å². The molecule has 7 nitrogen and oxygen atoms in total. The van der Waals surface area contributed by atoms with E-state index < -0.39 is 18.0 Å². The molecule has 0 unspecified atom stereocenters. The van der Waals surface area contributed by atoms with E-state index in [0.29, 0.717) is 31.9 Å². The van der Waals surface area contributed by atoms with Gasteiger partial charge in [0.25, 0.3) is 5.56 Å². The van der Waals surface area contributed by atoms with Crippen molar-refractivity contribution in [2.45, 2.75) is 26.8 Å². The van der Waals surface area contributed by atoms with Crippen LogP contribution in [-0.2, 0) is 14.3 Å². The number of nitrogens with zero attached hydrogens (tertiary/aromatic N) is 2. The lowest BCUT2D eigenvalue weighted by Gasteiger charge is -2.23. The number of rotatable bonds is 5. The number of aromatic nitrogens is 1. The van der Waals surface area contributed by atoms with Gasteiger partial charge in [-0.1, -0.05) is 33.3 Å². The second-order valence-corrected chi connectivity index (χ2v) is 10.00. The molecule has 1 aromatic carbocycles. The highest BCUT2D eigenvalue weighted by Crippen LogP contribution is 2.33. The van der Waals surface area contributed by atoms with Crippen LogP contribution in [0.1, 0.15) is 37.3 Å². The minimum atomic E-state index is -0.627. The topological polar surface area (TPSA) is 87.0 Å². The van der Waals surface area contributed by atoms with Gasteiger partial charge in [0, 0.05) is 21.8 Å². The fourth-order valence-electron chi connectivity index (χ4n) is 3.53. The van der Waals surface area contributed by atoms with Gasteiger partial charge in [-0.3, -0.25) is 14.2 Å². The highest BCUT2D eigenvalue weighted by atomic mass is 79.9. The number of halogens is 1. The molecular weight excluding hydrogens is 528 g/mol. The number of hydrogen-bond donors (Lipinski definition) is 0. The molecule has 3 aromatic rings. The van der Waals surface area contributed by atoms with E-state index in [4.69, 9.17) is 9.47 Å². The summed E-state index contributed by atoms with van der Waals surface area (Å²) in [5.74, 6) is -0.605. The molecule has 0 amide bonds. The van der Waals surface area contributed by atoms with Crippen molar-refractivity contribution >= 4 is 56.6 Å². The number of ether oxygens (including phenoxy) is 2. The molecule has 33 heavy (non-hydrogen) atoms. The number of hydrogen-bond acceptors (Lipinski definition) is 8. The maximum Gasteiger partial charge on any atom is 0.338 e. The third-order valence-electron chi connectivity index (χ3n) is 4.84. The molecule has 1 aliphatic heterocycles. The fourth-order valence-corrected chi connectivity index (χ4v) is 5.77. The lowest BCUT2D eigenvalue weighted by atomic mass is 10.0. The van der Waals surface area contributed by atoms with Crippen LogP contribution >= 0.6 is 38.6 Å². The Labute approximate surface area is 205 Å². The van der Waals surface area contributed by atoms with Crippen molar-refractivity contribution in [1.82, 2.24) is 4.57 Å². The van der Waals surface area contributed by atoms with Gasteiger partial charge in [-0.05, 0) is 49.6 Å². The summed E-state index contributed by atoms with van der Waals surface area (Å²) in [7, 11) is 0. The number of esters is 2. The molecule has 0 bridgehead atoms. The summed E-state index contributed by atoms with van der Waals surface area (Å²) in [4.78, 5) is 43.8. The second kappa shape index (κ2) is 9.58. The van der Waals surface area contributed by atoms with Gasteiger partial charge >= 0.3 is 11.9 Å². The normalized spacial score (nSPS) is 15.8. The summed E-state index contributed by atoms with van der Waals surface area (Å²) in [6, 6.07) is 8.31. The van der Waals surface area contributed by atoms with Gasteiger partial charge in [-0.15, -0.1) is 11.3 Å². The Hall–Kier alpha value is -2.82. The molecule has 4 rings (SSSR count). The maximum absolute atomic E-state index is 13.6. The van der Waals surface area contributed by atoms with Gasteiger partial charge in [0.1, 0.15) is 11.8 Å². The van der Waals surface area contributed by atoms with Gasteiger partial charge in [0.05, 0.1) is 22.4 Å². The van der Waals surface area contributed by atoms with Crippen molar-refractivity contribution in [2.24, 2.45) is 4.99 Å². The predicted molar refractivity (Wildman–Crippen MR) is 130 cm³/mol. The standard InChI is InChI=1S/C23H19BrN2O5S2/c1-4-30-22(29)19-12(2)25-23-26(20(19)17-6-5-9-32-17)21(28)18(33-23)11-14-10-15(24)7-8-16(14)31-13(3)27/h5-11,20H,4H2,1-3H3/b18-11+/t20-/m0/s1. The van der Waals surface area contributed by atoms with E-state index in [9.17, 15) is 14.4 Å². The molecule has 1 aliphatic rings. The molecule has 0 saturated carbocycles. The Bertz CT molecular complexity index is 1450. The van der Waals surface area contributed by atoms with Crippen LogP contribution < -0.4 is 19.6 Å². The van der Waals surface area contributed by atoms with Gasteiger partial charge in [-0.25, -0.2) is 9.79 Å². The van der Waals surface area contributed by atoms with Crippen molar-refractivity contribution in [3.05, 3.63) is 81.6 Å². The van der Waals surface area contributed by atoms with Crippen LogP contribution in [0.4, 0.5) is 0 Å². The van der Waals surface area contributed by atoms with Crippen LogP contribution in [0, 0.1) is 0 Å². The molecule has 3 heterocycles. The summed E-state index contributed by atoms with van der Waals surface area (Å²) in [6.45, 7) is 5.03. The molecule has 1 atom stereocenters. The summed E-state index contributed by atoms with van der Waals surface area (Å²) < 4.78 is 13.3. The Kier molecular flexibility index (Phi) is 6.78. The monoisotopic (exact) mass is 546 g/mol. The average Bonchev–Trinajstić information content (AvgIpc) is 3.38. The Morgan fingerprint density at radius 3 is 2.76 bits per heavy atom. The van der Waals surface area contributed by atoms with Crippen molar-refractivity contribution in [3.8, 4) is 5.75 Å². The molecule has 170 valence electrons. The van der Waals surface area contributed by atoms with Crippen molar-refractivity contribution in [2.75, 3.05) is 6.61 Å². The van der Waals surface area contributed by atoms with Crippen LogP contribution in [-0.4, -0.2) is 23.1 Å². The van der Waals surface area contributed by atoms with E-state index in [-0.39, 0.29) is 12.2 Å². The fraction of sp³-hybridized carbons (Fsp3) is 0.217. The van der Waals surface area contributed by atoms with Gasteiger partial charge in [0.2, 0.25) is 0 Å². The number of thiophene rings is 1. The van der Waals surface area contributed by atoms with Gasteiger partial charge in [0.15, 0.2) is 4.80 Å². The van der Waals surface area contributed by atoms with Crippen LogP contribution in [0.3, 0.4) is 0 Å². The minimum Gasteiger partial charge on any atom is -0.463 e. The first-order chi connectivity index (χ1) is 15.8. The molecule has 0 N–H and O–H groups in total. The zero-order chi connectivity index (χ0) is 23.7. The molecule has 0 aliphatic carbocycles. The number of fused-ring (bicyclic) bond motifs is 1. The molecule has 0 spiro atoms. The summed E-state index contributed by atoms with van der Waals surface area (Å²) in [5.41, 5.74) is 1.14. The van der Waals surface area contributed by atoms with Crippen LogP contribution in [0.25, 0.3) is 6.08 Å². The molecule has 0 saturated heterocycles.